The Morgan fingerprint density at radius 2 is 1.68 bits per heavy atom. The van der Waals surface area contributed by atoms with Gasteiger partial charge in [-0.2, -0.15) is 0 Å². The summed E-state index contributed by atoms with van der Waals surface area (Å²) in [7, 11) is 0. The van der Waals surface area contributed by atoms with Crippen molar-refractivity contribution >= 4 is 0 Å². The molecule has 0 aliphatic carbocycles. The van der Waals surface area contributed by atoms with Crippen LogP contribution in [0.2, 0.25) is 0 Å². The Kier molecular flexibility index (Phi) is 4.78. The Hall–Kier alpha value is -1.58. The van der Waals surface area contributed by atoms with Gasteiger partial charge in [-0.15, -0.1) is 0 Å². The quantitative estimate of drug-likeness (QED) is 0.413. The lowest BCUT2D eigenvalue weighted by atomic mass is 9.99. The van der Waals surface area contributed by atoms with Crippen molar-refractivity contribution in [3.63, 3.8) is 0 Å². The maximum absolute atomic E-state index is 9.90. The van der Waals surface area contributed by atoms with E-state index < -0.39 is 37.3 Å². The highest BCUT2D eigenvalue weighted by atomic mass is 16.7. The third-order valence-corrected chi connectivity index (χ3v) is 3.82. The molecule has 1 saturated heterocycles. The standard InChI is InChI=1S/C14H20O8/c1-5-7(16)3-8(6(2)10(5)17)21-14-13(20)12(19)11(18)9(4-15)22-14/h3,9,11-20H,4H2,1-2H3/t9-,11-,12+,13-,14-/m1/s1. The van der Waals surface area contributed by atoms with Crippen LogP contribution in [-0.2, 0) is 4.74 Å². The molecule has 0 aromatic heterocycles. The van der Waals surface area contributed by atoms with Gasteiger partial charge in [0.25, 0.3) is 0 Å². The number of rotatable bonds is 3. The van der Waals surface area contributed by atoms with E-state index in [4.69, 9.17) is 14.6 Å². The maximum Gasteiger partial charge on any atom is 0.229 e. The molecule has 0 bridgehead atoms. The number of aliphatic hydroxyl groups excluding tert-OH is 4. The van der Waals surface area contributed by atoms with Gasteiger partial charge in [-0.25, -0.2) is 0 Å². The highest BCUT2D eigenvalue weighted by Gasteiger charge is 2.44. The summed E-state index contributed by atoms with van der Waals surface area (Å²) in [6.07, 6.45) is -7.10. The SMILES string of the molecule is Cc1c(O)cc(O[C@@H]2O[C@H](CO)[C@@H](O)[C@H](O)[C@H]2O)c(C)c1O. The maximum atomic E-state index is 9.90. The van der Waals surface area contributed by atoms with Crippen molar-refractivity contribution < 1.29 is 40.1 Å². The number of phenolic OH excluding ortho intramolecular Hbond substituents is 2. The minimum atomic E-state index is -1.57. The van der Waals surface area contributed by atoms with E-state index >= 15 is 0 Å². The zero-order valence-electron chi connectivity index (χ0n) is 12.2. The Morgan fingerprint density at radius 1 is 1.05 bits per heavy atom. The normalized spacial score (nSPS) is 32.0. The van der Waals surface area contributed by atoms with E-state index in [1.165, 1.54) is 13.0 Å². The van der Waals surface area contributed by atoms with Crippen LogP contribution in [0.25, 0.3) is 0 Å². The summed E-state index contributed by atoms with van der Waals surface area (Å²) in [6.45, 7) is 2.49. The van der Waals surface area contributed by atoms with Crippen LogP contribution in [0.15, 0.2) is 6.07 Å². The van der Waals surface area contributed by atoms with Gasteiger partial charge in [-0.3, -0.25) is 0 Å². The molecule has 0 radical (unpaired) electrons. The van der Waals surface area contributed by atoms with Gasteiger partial charge in [0.1, 0.15) is 41.7 Å². The summed E-state index contributed by atoms with van der Waals surface area (Å²) in [5.41, 5.74) is 0.589. The van der Waals surface area contributed by atoms with Crippen LogP contribution in [0.1, 0.15) is 11.1 Å². The van der Waals surface area contributed by atoms with Crippen molar-refractivity contribution in [1.29, 1.82) is 0 Å². The van der Waals surface area contributed by atoms with Gasteiger partial charge >= 0.3 is 0 Å². The zero-order valence-corrected chi connectivity index (χ0v) is 12.2. The Labute approximate surface area is 126 Å². The highest BCUT2D eigenvalue weighted by molar-refractivity contribution is 5.54. The van der Waals surface area contributed by atoms with E-state index in [0.717, 1.165) is 0 Å². The van der Waals surface area contributed by atoms with Crippen molar-refractivity contribution in [2.75, 3.05) is 6.61 Å². The van der Waals surface area contributed by atoms with Crippen molar-refractivity contribution in [3.8, 4) is 17.2 Å². The molecule has 0 spiro atoms. The molecule has 22 heavy (non-hydrogen) atoms. The predicted octanol–water partition coefficient (Wildman–Crippen LogP) is -1.11. The largest absolute Gasteiger partial charge is 0.507 e. The molecule has 1 heterocycles. The van der Waals surface area contributed by atoms with Crippen LogP contribution < -0.4 is 4.74 Å². The van der Waals surface area contributed by atoms with Crippen LogP contribution in [0.3, 0.4) is 0 Å². The van der Waals surface area contributed by atoms with Crippen LogP contribution in [-0.4, -0.2) is 68.0 Å². The lowest BCUT2D eigenvalue weighted by Crippen LogP contribution is -2.60. The first-order valence-electron chi connectivity index (χ1n) is 6.77. The van der Waals surface area contributed by atoms with E-state index in [9.17, 15) is 25.5 Å². The molecule has 1 aliphatic heterocycles. The molecular formula is C14H20O8. The molecule has 5 atom stereocenters. The first-order chi connectivity index (χ1) is 10.3. The molecular weight excluding hydrogens is 296 g/mol. The Balaban J connectivity index is 2.26. The van der Waals surface area contributed by atoms with Crippen LogP contribution in [0.5, 0.6) is 17.2 Å². The molecule has 8 heteroatoms. The van der Waals surface area contributed by atoms with E-state index in [1.54, 1.807) is 6.92 Å². The molecule has 1 aromatic rings. The van der Waals surface area contributed by atoms with Crippen molar-refractivity contribution in [2.24, 2.45) is 0 Å². The van der Waals surface area contributed by atoms with Gasteiger partial charge in [0, 0.05) is 17.2 Å². The van der Waals surface area contributed by atoms with Gasteiger partial charge in [0.2, 0.25) is 6.29 Å². The summed E-state index contributed by atoms with van der Waals surface area (Å²) in [6, 6.07) is 1.24. The van der Waals surface area contributed by atoms with Gasteiger partial charge < -0.3 is 40.1 Å². The topological polar surface area (TPSA) is 140 Å². The Bertz CT molecular complexity index is 544. The molecule has 1 fully saturated rings. The van der Waals surface area contributed by atoms with Crippen molar-refractivity contribution in [2.45, 2.75) is 44.6 Å². The van der Waals surface area contributed by atoms with Crippen LogP contribution >= 0.6 is 0 Å². The number of benzene rings is 1. The van der Waals surface area contributed by atoms with Crippen molar-refractivity contribution in [1.82, 2.24) is 0 Å². The molecule has 1 aliphatic rings. The summed E-state index contributed by atoms with van der Waals surface area (Å²) in [5, 5.41) is 58.0. The predicted molar refractivity (Wildman–Crippen MR) is 73.6 cm³/mol. The number of hydrogen-bond donors (Lipinski definition) is 6. The first kappa shape index (κ1) is 16.8. The minimum Gasteiger partial charge on any atom is -0.507 e. The summed E-state index contributed by atoms with van der Waals surface area (Å²) >= 11 is 0. The molecule has 0 amide bonds. The third-order valence-electron chi connectivity index (χ3n) is 3.82. The molecule has 0 unspecified atom stereocenters. The molecule has 6 N–H and O–H groups in total. The van der Waals surface area contributed by atoms with E-state index in [2.05, 4.69) is 0 Å². The average molecular weight is 316 g/mol. The lowest BCUT2D eigenvalue weighted by Gasteiger charge is -2.39. The highest BCUT2D eigenvalue weighted by Crippen LogP contribution is 2.38. The second-order valence-corrected chi connectivity index (χ2v) is 5.31. The second-order valence-electron chi connectivity index (χ2n) is 5.31. The second kappa shape index (κ2) is 6.27. The molecule has 8 nitrogen and oxygen atoms in total. The average Bonchev–Trinajstić information content (AvgIpc) is 2.50. The fourth-order valence-electron chi connectivity index (χ4n) is 2.27. The van der Waals surface area contributed by atoms with Crippen LogP contribution in [0.4, 0.5) is 0 Å². The third kappa shape index (κ3) is 2.83. The monoisotopic (exact) mass is 316 g/mol. The molecule has 2 rings (SSSR count). The summed E-state index contributed by atoms with van der Waals surface area (Å²) in [5.74, 6) is -0.327. The molecule has 0 saturated carbocycles. The van der Waals surface area contributed by atoms with E-state index in [1.807, 2.05) is 0 Å². The smallest absolute Gasteiger partial charge is 0.229 e. The minimum absolute atomic E-state index is 0.0462. The number of ether oxygens (including phenoxy) is 2. The van der Waals surface area contributed by atoms with Crippen molar-refractivity contribution in [3.05, 3.63) is 17.2 Å². The lowest BCUT2D eigenvalue weighted by molar-refractivity contribution is -0.277. The summed E-state index contributed by atoms with van der Waals surface area (Å²) < 4.78 is 10.6. The molecule has 1 aromatic carbocycles. The van der Waals surface area contributed by atoms with E-state index in [-0.39, 0.29) is 22.8 Å². The first-order valence-corrected chi connectivity index (χ1v) is 6.77. The summed E-state index contributed by atoms with van der Waals surface area (Å²) in [4.78, 5) is 0. The van der Waals surface area contributed by atoms with Gasteiger partial charge in [-0.1, -0.05) is 0 Å². The fourth-order valence-corrected chi connectivity index (χ4v) is 2.27. The molecule has 124 valence electrons. The number of aromatic hydroxyl groups is 2. The fraction of sp³-hybridized carbons (Fsp3) is 0.571. The Morgan fingerprint density at radius 3 is 2.27 bits per heavy atom. The zero-order chi connectivity index (χ0) is 16.6. The van der Waals surface area contributed by atoms with Gasteiger partial charge in [0.05, 0.1) is 6.61 Å². The number of phenols is 2. The van der Waals surface area contributed by atoms with Crippen LogP contribution in [0, 0.1) is 13.8 Å². The van der Waals surface area contributed by atoms with E-state index in [0.29, 0.717) is 5.56 Å². The number of hydrogen-bond acceptors (Lipinski definition) is 8. The van der Waals surface area contributed by atoms with Gasteiger partial charge in [-0.05, 0) is 13.8 Å². The van der Waals surface area contributed by atoms with Gasteiger partial charge in [0.15, 0.2) is 0 Å². The number of aliphatic hydroxyl groups is 4.